The number of benzene rings is 2. The van der Waals surface area contributed by atoms with E-state index in [4.69, 9.17) is 4.74 Å². The van der Waals surface area contributed by atoms with Crippen molar-refractivity contribution in [3.63, 3.8) is 0 Å². The van der Waals surface area contributed by atoms with Gasteiger partial charge in [-0.1, -0.05) is 36.4 Å². The van der Waals surface area contributed by atoms with Gasteiger partial charge in [-0.05, 0) is 35.2 Å². The minimum Gasteiger partial charge on any atom is -0.497 e. The number of carbonyl (C=O) groups is 2. The molecule has 1 amide bonds. The molecule has 136 valence electrons. The maximum Gasteiger partial charge on any atom is 0.303 e. The molecule has 0 saturated heterocycles. The van der Waals surface area contributed by atoms with Crippen molar-refractivity contribution >= 4 is 11.9 Å². The molecule has 5 nitrogen and oxygen atoms in total. The second-order valence-corrected chi connectivity index (χ2v) is 6.61. The summed E-state index contributed by atoms with van der Waals surface area (Å²) in [5.74, 6) is -0.533. The fourth-order valence-electron chi connectivity index (χ4n) is 3.44. The van der Waals surface area contributed by atoms with E-state index >= 15 is 0 Å². The first kappa shape index (κ1) is 18.0. The van der Waals surface area contributed by atoms with Crippen molar-refractivity contribution in [2.75, 3.05) is 13.7 Å². The molecule has 0 aliphatic carbocycles. The Hall–Kier alpha value is -2.82. The fourth-order valence-corrected chi connectivity index (χ4v) is 3.44. The van der Waals surface area contributed by atoms with Crippen LogP contribution in [0.1, 0.15) is 35.4 Å². The van der Waals surface area contributed by atoms with E-state index < -0.39 is 5.97 Å². The van der Waals surface area contributed by atoms with Crippen LogP contribution in [0.3, 0.4) is 0 Å². The Labute approximate surface area is 153 Å². The van der Waals surface area contributed by atoms with E-state index in [0.29, 0.717) is 18.8 Å². The highest BCUT2D eigenvalue weighted by Gasteiger charge is 2.25. The summed E-state index contributed by atoms with van der Waals surface area (Å²) in [6.07, 6.45) is 0.970. The minimum absolute atomic E-state index is 0.00145. The molecule has 26 heavy (non-hydrogen) atoms. The van der Waals surface area contributed by atoms with E-state index in [1.165, 1.54) is 11.1 Å². The van der Waals surface area contributed by atoms with Crippen LogP contribution in [-0.2, 0) is 22.6 Å². The van der Waals surface area contributed by atoms with Gasteiger partial charge >= 0.3 is 5.97 Å². The molecule has 1 atom stereocenters. The molecule has 0 aromatic heterocycles. The molecule has 2 aromatic rings. The van der Waals surface area contributed by atoms with Gasteiger partial charge in [0.15, 0.2) is 0 Å². The van der Waals surface area contributed by atoms with Gasteiger partial charge in [0.25, 0.3) is 0 Å². The first-order valence-corrected chi connectivity index (χ1v) is 8.77. The second-order valence-electron chi connectivity index (χ2n) is 6.61. The predicted octanol–water partition coefficient (Wildman–Crippen LogP) is 3.23. The minimum atomic E-state index is -0.900. The van der Waals surface area contributed by atoms with Gasteiger partial charge in [0.2, 0.25) is 5.91 Å². The quantitative estimate of drug-likeness (QED) is 0.866. The van der Waals surface area contributed by atoms with Crippen molar-refractivity contribution in [3.05, 3.63) is 65.2 Å². The Morgan fingerprint density at radius 3 is 2.42 bits per heavy atom. The molecule has 1 heterocycles. The number of ether oxygens (including phenoxy) is 1. The van der Waals surface area contributed by atoms with Gasteiger partial charge in [-0.2, -0.15) is 0 Å². The van der Waals surface area contributed by atoms with Crippen LogP contribution in [0, 0.1) is 0 Å². The zero-order valence-electron chi connectivity index (χ0n) is 14.9. The molecule has 0 bridgehead atoms. The van der Waals surface area contributed by atoms with Gasteiger partial charge in [-0.25, -0.2) is 0 Å². The number of carbonyl (C=O) groups excluding carboxylic acids is 1. The average molecular weight is 353 g/mol. The highest BCUT2D eigenvalue weighted by molar-refractivity contribution is 5.79. The first-order valence-electron chi connectivity index (χ1n) is 8.77. The summed E-state index contributed by atoms with van der Waals surface area (Å²) in [6.45, 7) is 1.27. The normalized spacial score (nSPS) is 14.4. The lowest BCUT2D eigenvalue weighted by Gasteiger charge is -2.30. The molecule has 0 saturated carbocycles. The smallest absolute Gasteiger partial charge is 0.303 e. The fraction of sp³-hybridized carbons (Fsp3) is 0.333. The van der Waals surface area contributed by atoms with Crippen LogP contribution < -0.4 is 4.74 Å². The number of aliphatic carboxylic acids is 1. The van der Waals surface area contributed by atoms with E-state index in [9.17, 15) is 14.7 Å². The molecule has 3 rings (SSSR count). The van der Waals surface area contributed by atoms with E-state index in [1.807, 2.05) is 35.2 Å². The molecule has 0 spiro atoms. The third-order valence-electron chi connectivity index (χ3n) is 4.91. The molecule has 5 heteroatoms. The lowest BCUT2D eigenvalue weighted by molar-refractivity contribution is -0.138. The third-order valence-corrected chi connectivity index (χ3v) is 4.91. The zero-order chi connectivity index (χ0) is 18.5. The summed E-state index contributed by atoms with van der Waals surface area (Å²) in [6, 6.07) is 15.4. The standard InChI is InChI=1S/C21H23NO4/c1-26-19-8-6-16(7-9-19)18(13-21(24)25)12-20(23)22-11-10-15-4-2-3-5-17(15)14-22/h2-9,18H,10-14H2,1H3,(H,24,25). The number of methoxy groups -OCH3 is 1. The first-order chi connectivity index (χ1) is 12.6. The van der Waals surface area contributed by atoms with E-state index in [-0.39, 0.29) is 24.7 Å². The monoisotopic (exact) mass is 353 g/mol. The number of hydrogen-bond donors (Lipinski definition) is 1. The van der Waals surface area contributed by atoms with Crippen LogP contribution in [0.15, 0.2) is 48.5 Å². The second kappa shape index (κ2) is 8.04. The topological polar surface area (TPSA) is 66.8 Å². The molecule has 0 radical (unpaired) electrons. The number of nitrogens with zero attached hydrogens (tertiary/aromatic N) is 1. The Balaban J connectivity index is 1.72. The number of carboxylic acids is 1. The van der Waals surface area contributed by atoms with Crippen molar-refractivity contribution in [2.45, 2.75) is 31.7 Å². The Morgan fingerprint density at radius 1 is 1.08 bits per heavy atom. The lowest BCUT2D eigenvalue weighted by Crippen LogP contribution is -2.36. The number of hydrogen-bond acceptors (Lipinski definition) is 3. The molecule has 1 unspecified atom stereocenters. The largest absolute Gasteiger partial charge is 0.497 e. The summed E-state index contributed by atoms with van der Waals surface area (Å²) in [5.41, 5.74) is 3.30. The highest BCUT2D eigenvalue weighted by atomic mass is 16.5. The summed E-state index contributed by atoms with van der Waals surface area (Å²) in [4.78, 5) is 25.9. The van der Waals surface area contributed by atoms with Crippen LogP contribution in [0.2, 0.25) is 0 Å². The van der Waals surface area contributed by atoms with E-state index in [2.05, 4.69) is 6.07 Å². The van der Waals surface area contributed by atoms with Crippen LogP contribution in [0.5, 0.6) is 5.75 Å². The van der Waals surface area contributed by atoms with Crippen LogP contribution in [-0.4, -0.2) is 35.5 Å². The Bertz CT molecular complexity index is 785. The van der Waals surface area contributed by atoms with Crippen molar-refractivity contribution in [3.8, 4) is 5.75 Å². The molecule has 1 N–H and O–H groups in total. The Morgan fingerprint density at radius 2 is 1.77 bits per heavy atom. The van der Waals surface area contributed by atoms with Gasteiger partial charge in [-0.3, -0.25) is 9.59 Å². The zero-order valence-corrected chi connectivity index (χ0v) is 14.9. The van der Waals surface area contributed by atoms with Crippen molar-refractivity contribution in [2.24, 2.45) is 0 Å². The molecule has 1 aliphatic heterocycles. The van der Waals surface area contributed by atoms with E-state index in [1.54, 1.807) is 19.2 Å². The maximum atomic E-state index is 12.8. The summed E-state index contributed by atoms with van der Waals surface area (Å²) in [7, 11) is 1.58. The van der Waals surface area contributed by atoms with Gasteiger partial charge in [-0.15, -0.1) is 0 Å². The number of carboxylic acid groups (broad SMARTS) is 1. The van der Waals surface area contributed by atoms with Crippen molar-refractivity contribution in [1.29, 1.82) is 0 Å². The lowest BCUT2D eigenvalue weighted by atomic mass is 9.91. The predicted molar refractivity (Wildman–Crippen MR) is 98.2 cm³/mol. The summed E-state index contributed by atoms with van der Waals surface area (Å²) < 4.78 is 5.15. The molecular formula is C21H23NO4. The number of rotatable bonds is 6. The van der Waals surface area contributed by atoms with Gasteiger partial charge in [0.05, 0.1) is 13.5 Å². The van der Waals surface area contributed by atoms with Crippen molar-refractivity contribution < 1.29 is 19.4 Å². The molecule has 0 fully saturated rings. The maximum absolute atomic E-state index is 12.8. The third kappa shape index (κ3) is 4.23. The Kier molecular flexibility index (Phi) is 5.56. The van der Waals surface area contributed by atoms with Gasteiger partial charge in [0.1, 0.15) is 5.75 Å². The molecule has 1 aliphatic rings. The molecule has 2 aromatic carbocycles. The summed E-state index contributed by atoms with van der Waals surface area (Å²) in [5, 5.41) is 9.25. The SMILES string of the molecule is COc1ccc(C(CC(=O)O)CC(=O)N2CCc3ccccc3C2)cc1. The highest BCUT2D eigenvalue weighted by Crippen LogP contribution is 2.28. The van der Waals surface area contributed by atoms with Gasteiger partial charge in [0, 0.05) is 25.4 Å². The van der Waals surface area contributed by atoms with E-state index in [0.717, 1.165) is 12.0 Å². The van der Waals surface area contributed by atoms with Crippen LogP contribution in [0.25, 0.3) is 0 Å². The summed E-state index contributed by atoms with van der Waals surface area (Å²) >= 11 is 0. The average Bonchev–Trinajstić information content (AvgIpc) is 2.66. The van der Waals surface area contributed by atoms with Crippen LogP contribution in [0.4, 0.5) is 0 Å². The van der Waals surface area contributed by atoms with Crippen LogP contribution >= 0.6 is 0 Å². The number of fused-ring (bicyclic) bond motifs is 1. The number of amides is 1. The van der Waals surface area contributed by atoms with Gasteiger partial charge < -0.3 is 14.7 Å². The van der Waals surface area contributed by atoms with Crippen molar-refractivity contribution in [1.82, 2.24) is 4.90 Å². The molecular weight excluding hydrogens is 330 g/mol.